The summed E-state index contributed by atoms with van der Waals surface area (Å²) in [6.45, 7) is 0.729. The molecule has 0 aromatic heterocycles. The molecule has 3 heteroatoms. The molecular formula is C21H20O3. The minimum atomic E-state index is -0.620. The smallest absolute Gasteiger partial charge is 0.116 e. The van der Waals surface area contributed by atoms with Crippen molar-refractivity contribution in [2.75, 3.05) is 6.61 Å². The fourth-order valence-corrected chi connectivity index (χ4v) is 2.55. The third kappa shape index (κ3) is 4.56. The normalized spacial score (nSPS) is 23.1. The predicted molar refractivity (Wildman–Crippen MR) is 93.2 cm³/mol. The number of allylic oxidation sites excluding steroid dienone is 1. The Kier molecular flexibility index (Phi) is 5.81. The number of benzene rings is 2. The molecule has 122 valence electrons. The SMILES string of the molecule is O[C@@H]1CO[C@H](/C=C/C#Cc2ccccc2)[C@H]1OCc1ccccc1. The highest BCUT2D eigenvalue weighted by Crippen LogP contribution is 2.20. The zero-order valence-electron chi connectivity index (χ0n) is 13.3. The van der Waals surface area contributed by atoms with E-state index in [1.54, 1.807) is 6.08 Å². The molecule has 0 unspecified atom stereocenters. The summed E-state index contributed by atoms with van der Waals surface area (Å²) in [5.74, 6) is 6.05. The van der Waals surface area contributed by atoms with Gasteiger partial charge in [-0.25, -0.2) is 0 Å². The molecule has 1 aliphatic heterocycles. The largest absolute Gasteiger partial charge is 0.388 e. The van der Waals surface area contributed by atoms with Crippen LogP contribution in [0.4, 0.5) is 0 Å². The third-order valence-corrected chi connectivity index (χ3v) is 3.81. The van der Waals surface area contributed by atoms with Gasteiger partial charge in [0.2, 0.25) is 0 Å². The molecular weight excluding hydrogens is 300 g/mol. The maximum absolute atomic E-state index is 10.1. The molecule has 0 saturated carbocycles. The Hall–Kier alpha value is -2.38. The summed E-state index contributed by atoms with van der Waals surface area (Å²) < 4.78 is 11.4. The van der Waals surface area contributed by atoms with E-state index in [-0.39, 0.29) is 18.8 Å². The minimum Gasteiger partial charge on any atom is -0.388 e. The second-order valence-corrected chi connectivity index (χ2v) is 5.62. The van der Waals surface area contributed by atoms with Crippen LogP contribution in [0.5, 0.6) is 0 Å². The first-order valence-corrected chi connectivity index (χ1v) is 8.01. The van der Waals surface area contributed by atoms with Crippen molar-refractivity contribution in [3.8, 4) is 11.8 Å². The second kappa shape index (κ2) is 8.47. The van der Waals surface area contributed by atoms with Gasteiger partial charge < -0.3 is 14.6 Å². The van der Waals surface area contributed by atoms with Gasteiger partial charge in [0.1, 0.15) is 18.3 Å². The van der Waals surface area contributed by atoms with Crippen LogP contribution in [-0.2, 0) is 16.1 Å². The molecule has 3 rings (SSSR count). The van der Waals surface area contributed by atoms with Gasteiger partial charge in [-0.3, -0.25) is 0 Å². The number of rotatable bonds is 4. The molecule has 1 N–H and O–H groups in total. The lowest BCUT2D eigenvalue weighted by atomic mass is 10.1. The molecule has 3 atom stereocenters. The van der Waals surface area contributed by atoms with Crippen molar-refractivity contribution in [1.82, 2.24) is 0 Å². The summed E-state index contributed by atoms with van der Waals surface area (Å²) in [6.07, 6.45) is 2.33. The second-order valence-electron chi connectivity index (χ2n) is 5.62. The molecule has 0 amide bonds. The van der Waals surface area contributed by atoms with Crippen molar-refractivity contribution >= 4 is 0 Å². The summed E-state index contributed by atoms with van der Waals surface area (Å²) in [6, 6.07) is 19.7. The van der Waals surface area contributed by atoms with E-state index >= 15 is 0 Å². The van der Waals surface area contributed by atoms with Gasteiger partial charge in [-0.2, -0.15) is 0 Å². The van der Waals surface area contributed by atoms with E-state index in [0.29, 0.717) is 6.61 Å². The van der Waals surface area contributed by atoms with Crippen molar-refractivity contribution in [2.24, 2.45) is 0 Å². The third-order valence-electron chi connectivity index (χ3n) is 3.81. The zero-order valence-corrected chi connectivity index (χ0v) is 13.3. The molecule has 1 aliphatic rings. The number of hydrogen-bond donors (Lipinski definition) is 1. The lowest BCUT2D eigenvalue weighted by Crippen LogP contribution is -2.32. The molecule has 3 nitrogen and oxygen atoms in total. The molecule has 0 radical (unpaired) electrons. The average molecular weight is 320 g/mol. The van der Waals surface area contributed by atoms with E-state index in [1.165, 1.54) is 0 Å². The first-order valence-electron chi connectivity index (χ1n) is 8.01. The van der Waals surface area contributed by atoms with Gasteiger partial charge >= 0.3 is 0 Å². The Bertz CT molecular complexity index is 713. The van der Waals surface area contributed by atoms with Gasteiger partial charge in [0.05, 0.1) is 13.2 Å². The van der Waals surface area contributed by atoms with E-state index < -0.39 is 6.10 Å². The van der Waals surface area contributed by atoms with Crippen LogP contribution in [-0.4, -0.2) is 30.0 Å². The first kappa shape index (κ1) is 16.5. The monoisotopic (exact) mass is 320 g/mol. The lowest BCUT2D eigenvalue weighted by Gasteiger charge is -2.18. The molecule has 0 spiro atoms. The maximum atomic E-state index is 10.1. The van der Waals surface area contributed by atoms with Crippen LogP contribution in [0, 0.1) is 11.8 Å². The number of aliphatic hydroxyl groups is 1. The van der Waals surface area contributed by atoms with Crippen molar-refractivity contribution in [3.63, 3.8) is 0 Å². The summed E-state index contributed by atoms with van der Waals surface area (Å²) >= 11 is 0. The van der Waals surface area contributed by atoms with E-state index in [4.69, 9.17) is 9.47 Å². The summed E-state index contributed by atoms with van der Waals surface area (Å²) in [4.78, 5) is 0. The fourth-order valence-electron chi connectivity index (χ4n) is 2.55. The van der Waals surface area contributed by atoms with Gasteiger partial charge in [-0.1, -0.05) is 60.4 Å². The quantitative estimate of drug-likeness (QED) is 0.880. The Morgan fingerprint density at radius 2 is 1.79 bits per heavy atom. The molecule has 1 heterocycles. The highest BCUT2D eigenvalue weighted by atomic mass is 16.6. The van der Waals surface area contributed by atoms with Crippen molar-refractivity contribution in [1.29, 1.82) is 0 Å². The van der Waals surface area contributed by atoms with E-state index in [1.807, 2.05) is 66.7 Å². The summed E-state index contributed by atoms with van der Waals surface area (Å²) in [5.41, 5.74) is 2.04. The lowest BCUT2D eigenvalue weighted by molar-refractivity contribution is -0.0338. The first-order chi connectivity index (χ1) is 11.8. The maximum Gasteiger partial charge on any atom is 0.116 e. The number of hydrogen-bond acceptors (Lipinski definition) is 3. The van der Waals surface area contributed by atoms with Gasteiger partial charge in [0, 0.05) is 5.56 Å². The van der Waals surface area contributed by atoms with Crippen LogP contribution in [0.15, 0.2) is 72.8 Å². The topological polar surface area (TPSA) is 38.7 Å². The van der Waals surface area contributed by atoms with Gasteiger partial charge in [0.25, 0.3) is 0 Å². The van der Waals surface area contributed by atoms with Crippen molar-refractivity contribution < 1.29 is 14.6 Å². The molecule has 1 fully saturated rings. The molecule has 24 heavy (non-hydrogen) atoms. The zero-order chi connectivity index (χ0) is 16.6. The molecule has 0 bridgehead atoms. The van der Waals surface area contributed by atoms with E-state index in [2.05, 4.69) is 11.8 Å². The van der Waals surface area contributed by atoms with Gasteiger partial charge in [0.15, 0.2) is 0 Å². The van der Waals surface area contributed by atoms with E-state index in [9.17, 15) is 5.11 Å². The van der Waals surface area contributed by atoms with Crippen LogP contribution < -0.4 is 0 Å². The Morgan fingerprint density at radius 3 is 2.54 bits per heavy atom. The van der Waals surface area contributed by atoms with Crippen LogP contribution in [0.2, 0.25) is 0 Å². The Balaban J connectivity index is 1.58. The number of aliphatic hydroxyl groups excluding tert-OH is 1. The predicted octanol–water partition coefficient (Wildman–Crippen LogP) is 2.94. The van der Waals surface area contributed by atoms with Crippen LogP contribution >= 0.6 is 0 Å². The summed E-state index contributed by atoms with van der Waals surface area (Å²) in [7, 11) is 0. The van der Waals surface area contributed by atoms with Crippen LogP contribution in [0.1, 0.15) is 11.1 Å². The van der Waals surface area contributed by atoms with Crippen LogP contribution in [0.25, 0.3) is 0 Å². The van der Waals surface area contributed by atoms with Crippen molar-refractivity contribution in [2.45, 2.75) is 24.9 Å². The molecule has 0 aliphatic carbocycles. The molecule has 1 saturated heterocycles. The van der Waals surface area contributed by atoms with Gasteiger partial charge in [-0.15, -0.1) is 0 Å². The minimum absolute atomic E-state index is 0.278. The highest BCUT2D eigenvalue weighted by molar-refractivity contribution is 5.36. The summed E-state index contributed by atoms with van der Waals surface area (Å²) in [5, 5.41) is 10.1. The molecule has 2 aromatic rings. The average Bonchev–Trinajstić information content (AvgIpc) is 2.98. The fraction of sp³-hybridized carbons (Fsp3) is 0.238. The standard InChI is InChI=1S/C21H20O3/c22-19-16-23-20(14-8-7-11-17-9-3-1-4-10-17)21(19)24-15-18-12-5-2-6-13-18/h1-6,8-10,12-14,19-22H,15-16H2/b14-8+/t19-,20-,21+/m1/s1. The van der Waals surface area contributed by atoms with Crippen molar-refractivity contribution in [3.05, 3.63) is 83.9 Å². The molecule has 2 aromatic carbocycles. The Morgan fingerprint density at radius 1 is 1.08 bits per heavy atom. The number of ether oxygens (including phenoxy) is 2. The van der Waals surface area contributed by atoms with E-state index in [0.717, 1.165) is 11.1 Å². The highest BCUT2D eigenvalue weighted by Gasteiger charge is 2.35. The Labute approximate surface area is 142 Å². The van der Waals surface area contributed by atoms with Gasteiger partial charge in [-0.05, 0) is 29.8 Å². The van der Waals surface area contributed by atoms with Crippen LogP contribution in [0.3, 0.4) is 0 Å².